The zero-order chi connectivity index (χ0) is 16.0. The van der Waals surface area contributed by atoms with Crippen molar-refractivity contribution in [2.75, 3.05) is 7.11 Å². The van der Waals surface area contributed by atoms with Crippen molar-refractivity contribution in [3.8, 4) is 5.75 Å². The predicted molar refractivity (Wildman–Crippen MR) is 86.9 cm³/mol. The fraction of sp³-hybridized carbons (Fsp3) is 0.353. The first-order chi connectivity index (χ1) is 11.2. The van der Waals surface area contributed by atoms with E-state index < -0.39 is 0 Å². The Hall–Kier alpha value is -2.63. The maximum absolute atomic E-state index is 12.5. The Balaban J connectivity index is 2.00. The Labute approximate surface area is 132 Å². The number of fused-ring (bicyclic) bond motifs is 3. The van der Waals surface area contributed by atoms with Crippen LogP contribution in [-0.2, 0) is 4.79 Å². The van der Waals surface area contributed by atoms with E-state index in [9.17, 15) is 9.59 Å². The summed E-state index contributed by atoms with van der Waals surface area (Å²) in [5.74, 6) is 0.723. The number of aromatic amines is 1. The summed E-state index contributed by atoms with van der Waals surface area (Å²) in [4.78, 5) is 30.8. The minimum absolute atomic E-state index is 0.0412. The highest BCUT2D eigenvalue weighted by Gasteiger charge is 2.28. The fourth-order valence-electron chi connectivity index (χ4n) is 3.67. The van der Waals surface area contributed by atoms with Crippen LogP contribution < -0.4 is 10.4 Å². The SMILES string of the molecule is COc1cccc2c1ncc1[nH]c(=O)n(C3CCC(C=O)C3)c12. The number of carbonyl (C=O) groups is 1. The molecule has 6 heteroatoms. The number of ether oxygens (including phenoxy) is 1. The Morgan fingerprint density at radius 2 is 2.26 bits per heavy atom. The maximum atomic E-state index is 12.5. The van der Waals surface area contributed by atoms with Crippen molar-refractivity contribution in [2.24, 2.45) is 5.92 Å². The molecule has 2 aromatic heterocycles. The zero-order valence-corrected chi connectivity index (χ0v) is 12.8. The first-order valence-corrected chi connectivity index (χ1v) is 7.74. The third-order valence-electron chi connectivity index (χ3n) is 4.76. The average Bonchev–Trinajstić information content (AvgIpc) is 3.17. The lowest BCUT2D eigenvalue weighted by Crippen LogP contribution is -2.21. The van der Waals surface area contributed by atoms with Crippen LogP contribution in [0.1, 0.15) is 25.3 Å². The molecule has 2 heterocycles. The highest BCUT2D eigenvalue weighted by atomic mass is 16.5. The number of nitrogens with zero attached hydrogens (tertiary/aromatic N) is 2. The van der Waals surface area contributed by atoms with Gasteiger partial charge in [0, 0.05) is 17.3 Å². The van der Waals surface area contributed by atoms with Crippen molar-refractivity contribution >= 4 is 28.2 Å². The standard InChI is InChI=1S/C17H17N3O3/c1-23-14-4-2-3-12-15(14)18-8-13-16(12)20(17(22)19-13)11-6-5-10(7-11)9-21/h2-4,8-11H,5-7H2,1H3,(H,19,22). The van der Waals surface area contributed by atoms with Gasteiger partial charge in [0.05, 0.1) is 24.3 Å². The molecule has 118 valence electrons. The van der Waals surface area contributed by atoms with Crippen LogP contribution in [0.5, 0.6) is 5.75 Å². The third-order valence-corrected chi connectivity index (χ3v) is 4.76. The van der Waals surface area contributed by atoms with Crippen molar-refractivity contribution in [2.45, 2.75) is 25.3 Å². The third kappa shape index (κ3) is 2.05. The molecule has 2 atom stereocenters. The number of rotatable bonds is 3. The summed E-state index contributed by atoms with van der Waals surface area (Å²) in [5.41, 5.74) is 2.15. The average molecular weight is 311 g/mol. The van der Waals surface area contributed by atoms with Gasteiger partial charge in [-0.25, -0.2) is 4.79 Å². The van der Waals surface area contributed by atoms with Crippen LogP contribution in [0.25, 0.3) is 21.9 Å². The van der Waals surface area contributed by atoms with E-state index in [-0.39, 0.29) is 17.6 Å². The molecule has 4 rings (SSSR count). The van der Waals surface area contributed by atoms with Gasteiger partial charge in [-0.05, 0) is 25.3 Å². The van der Waals surface area contributed by atoms with Crippen molar-refractivity contribution in [3.05, 3.63) is 34.9 Å². The van der Waals surface area contributed by atoms with Crippen LogP contribution in [0.2, 0.25) is 0 Å². The molecule has 0 saturated heterocycles. The minimum Gasteiger partial charge on any atom is -0.494 e. The molecule has 1 aromatic carbocycles. The van der Waals surface area contributed by atoms with Crippen LogP contribution in [0, 0.1) is 5.92 Å². The largest absolute Gasteiger partial charge is 0.494 e. The quantitative estimate of drug-likeness (QED) is 0.754. The summed E-state index contributed by atoms with van der Waals surface area (Å²) in [7, 11) is 1.61. The molecule has 6 nitrogen and oxygen atoms in total. The predicted octanol–water partition coefficient (Wildman–Crippen LogP) is 2.43. The van der Waals surface area contributed by atoms with Gasteiger partial charge in [0.15, 0.2) is 0 Å². The molecular formula is C17H17N3O3. The smallest absolute Gasteiger partial charge is 0.326 e. The lowest BCUT2D eigenvalue weighted by Gasteiger charge is -2.13. The molecule has 3 aromatic rings. The molecule has 1 aliphatic rings. The van der Waals surface area contributed by atoms with Crippen LogP contribution >= 0.6 is 0 Å². The number of para-hydroxylation sites is 1. The van der Waals surface area contributed by atoms with Gasteiger partial charge in [0.25, 0.3) is 0 Å². The first-order valence-electron chi connectivity index (χ1n) is 7.74. The van der Waals surface area contributed by atoms with Gasteiger partial charge < -0.3 is 14.5 Å². The highest BCUT2D eigenvalue weighted by molar-refractivity contribution is 6.04. The zero-order valence-electron chi connectivity index (χ0n) is 12.8. The van der Waals surface area contributed by atoms with E-state index in [0.717, 1.165) is 35.5 Å². The van der Waals surface area contributed by atoms with E-state index in [1.165, 1.54) is 0 Å². The lowest BCUT2D eigenvalue weighted by molar-refractivity contribution is -0.110. The molecule has 1 aliphatic carbocycles. The van der Waals surface area contributed by atoms with Gasteiger partial charge in [0.2, 0.25) is 0 Å². The molecule has 0 spiro atoms. The minimum atomic E-state index is -0.145. The van der Waals surface area contributed by atoms with E-state index in [4.69, 9.17) is 4.74 Å². The van der Waals surface area contributed by atoms with Crippen LogP contribution in [0.15, 0.2) is 29.2 Å². The highest BCUT2D eigenvalue weighted by Crippen LogP contribution is 2.36. The van der Waals surface area contributed by atoms with Crippen LogP contribution in [0.3, 0.4) is 0 Å². The molecular weight excluding hydrogens is 294 g/mol. The molecule has 23 heavy (non-hydrogen) atoms. The summed E-state index contributed by atoms with van der Waals surface area (Å²) in [6.07, 6.45) is 5.06. The van der Waals surface area contributed by atoms with E-state index >= 15 is 0 Å². The molecule has 0 amide bonds. The van der Waals surface area contributed by atoms with E-state index in [2.05, 4.69) is 9.97 Å². The summed E-state index contributed by atoms with van der Waals surface area (Å²) in [6, 6.07) is 5.74. The fourth-order valence-corrected chi connectivity index (χ4v) is 3.67. The lowest BCUT2D eigenvalue weighted by atomic mass is 10.1. The topological polar surface area (TPSA) is 77.0 Å². The van der Waals surface area contributed by atoms with Gasteiger partial charge in [-0.2, -0.15) is 0 Å². The number of H-pyrrole nitrogens is 1. The molecule has 1 fully saturated rings. The molecule has 1 N–H and O–H groups in total. The first kappa shape index (κ1) is 14.0. The van der Waals surface area contributed by atoms with Crippen LogP contribution in [-0.4, -0.2) is 27.9 Å². The van der Waals surface area contributed by atoms with E-state index in [1.54, 1.807) is 17.9 Å². The number of aldehydes is 1. The van der Waals surface area contributed by atoms with E-state index in [1.807, 2.05) is 18.2 Å². The van der Waals surface area contributed by atoms with Gasteiger partial charge in [-0.3, -0.25) is 9.55 Å². The van der Waals surface area contributed by atoms with Gasteiger partial charge in [-0.1, -0.05) is 12.1 Å². The Morgan fingerprint density at radius 3 is 3.00 bits per heavy atom. The molecule has 2 unspecified atom stereocenters. The molecule has 0 radical (unpaired) electrons. The number of hydrogen-bond donors (Lipinski definition) is 1. The van der Waals surface area contributed by atoms with Crippen molar-refractivity contribution in [1.82, 2.24) is 14.5 Å². The number of imidazole rings is 1. The summed E-state index contributed by atoms with van der Waals surface area (Å²) in [5, 5.41) is 0.884. The number of pyridine rings is 1. The van der Waals surface area contributed by atoms with Crippen LogP contribution in [0.4, 0.5) is 0 Å². The molecule has 0 bridgehead atoms. The van der Waals surface area contributed by atoms with Gasteiger partial charge >= 0.3 is 5.69 Å². The monoisotopic (exact) mass is 311 g/mol. The number of carbonyl (C=O) groups excluding carboxylic acids is 1. The second-order valence-electron chi connectivity index (χ2n) is 6.04. The van der Waals surface area contributed by atoms with Crippen molar-refractivity contribution < 1.29 is 9.53 Å². The van der Waals surface area contributed by atoms with Crippen molar-refractivity contribution in [1.29, 1.82) is 0 Å². The Kier molecular flexibility index (Phi) is 3.18. The normalized spacial score (nSPS) is 21.1. The number of nitrogens with one attached hydrogen (secondary N) is 1. The number of benzene rings is 1. The summed E-state index contributed by atoms with van der Waals surface area (Å²) < 4.78 is 7.17. The van der Waals surface area contributed by atoms with Crippen molar-refractivity contribution in [3.63, 3.8) is 0 Å². The second kappa shape index (κ2) is 5.22. The Bertz CT molecular complexity index is 957. The number of aromatic nitrogens is 3. The van der Waals surface area contributed by atoms with Gasteiger partial charge in [-0.15, -0.1) is 0 Å². The van der Waals surface area contributed by atoms with Gasteiger partial charge in [0.1, 0.15) is 17.6 Å². The summed E-state index contributed by atoms with van der Waals surface area (Å²) >= 11 is 0. The maximum Gasteiger partial charge on any atom is 0.326 e. The van der Waals surface area contributed by atoms with E-state index in [0.29, 0.717) is 17.7 Å². The Morgan fingerprint density at radius 1 is 1.39 bits per heavy atom. The number of methoxy groups -OCH3 is 1. The second-order valence-corrected chi connectivity index (χ2v) is 6.04. The molecule has 0 aliphatic heterocycles. The number of hydrogen-bond acceptors (Lipinski definition) is 4. The molecule has 1 saturated carbocycles. The summed E-state index contributed by atoms with van der Waals surface area (Å²) in [6.45, 7) is 0.